The van der Waals surface area contributed by atoms with Crippen LogP contribution >= 0.6 is 22.9 Å². The number of carbonyl (C=O) groups excluding carboxylic acids is 1. The summed E-state index contributed by atoms with van der Waals surface area (Å²) in [4.78, 5) is 12.7. The van der Waals surface area contributed by atoms with Gasteiger partial charge in [-0.15, -0.1) is 11.3 Å². The second-order valence-electron chi connectivity index (χ2n) is 3.78. The molecule has 18 heavy (non-hydrogen) atoms. The van der Waals surface area contributed by atoms with E-state index < -0.39 is 0 Å². The average molecular weight is 286 g/mol. The Labute approximate surface area is 113 Å². The van der Waals surface area contributed by atoms with E-state index in [2.05, 4.69) is 15.8 Å². The molecular formula is C11H12ClN3O2S. The molecule has 0 fully saturated rings. The number of rotatable bonds is 3. The van der Waals surface area contributed by atoms with Crippen molar-refractivity contribution in [1.29, 1.82) is 0 Å². The van der Waals surface area contributed by atoms with Gasteiger partial charge in [0.2, 0.25) is 0 Å². The minimum atomic E-state index is -0.333. The monoisotopic (exact) mass is 285 g/mol. The fraction of sp³-hybridized carbons (Fsp3) is 0.273. The van der Waals surface area contributed by atoms with Crippen LogP contribution in [0.25, 0.3) is 0 Å². The van der Waals surface area contributed by atoms with Gasteiger partial charge in [-0.3, -0.25) is 5.32 Å². The Balaban J connectivity index is 1.91. The molecule has 0 aromatic carbocycles. The molecule has 0 bridgehead atoms. The number of hydrogen-bond acceptors (Lipinski definition) is 4. The quantitative estimate of drug-likeness (QED) is 0.906. The van der Waals surface area contributed by atoms with Gasteiger partial charge in [0.05, 0.1) is 10.4 Å². The van der Waals surface area contributed by atoms with Crippen molar-refractivity contribution < 1.29 is 9.32 Å². The minimum absolute atomic E-state index is 0.115. The molecule has 0 spiro atoms. The first kappa shape index (κ1) is 12.9. The average Bonchev–Trinajstić information content (AvgIpc) is 2.87. The number of amides is 2. The lowest BCUT2D eigenvalue weighted by Crippen LogP contribution is -2.30. The Morgan fingerprint density at radius 2 is 2.33 bits per heavy atom. The summed E-state index contributed by atoms with van der Waals surface area (Å²) in [5.74, 6) is 1.03. The lowest BCUT2D eigenvalue weighted by atomic mass is 10.3. The summed E-state index contributed by atoms with van der Waals surface area (Å²) < 4.78 is 5.55. The van der Waals surface area contributed by atoms with Crippen molar-refractivity contribution in [1.82, 2.24) is 10.5 Å². The van der Waals surface area contributed by atoms with Gasteiger partial charge in [0.25, 0.3) is 0 Å². The number of halogens is 1. The van der Waals surface area contributed by atoms with E-state index in [9.17, 15) is 4.79 Å². The summed E-state index contributed by atoms with van der Waals surface area (Å²) >= 11 is 7.28. The number of thiophene rings is 1. The molecule has 96 valence electrons. The summed E-state index contributed by atoms with van der Waals surface area (Å²) in [5, 5.41) is 9.05. The second kappa shape index (κ2) is 5.41. The van der Waals surface area contributed by atoms with Gasteiger partial charge in [0.1, 0.15) is 5.76 Å². The fourth-order valence-electron chi connectivity index (χ4n) is 1.41. The van der Waals surface area contributed by atoms with Crippen LogP contribution in [0, 0.1) is 6.92 Å². The second-order valence-corrected chi connectivity index (χ2v) is 5.53. The molecule has 2 rings (SSSR count). The van der Waals surface area contributed by atoms with E-state index in [-0.39, 0.29) is 12.1 Å². The van der Waals surface area contributed by atoms with Crippen LogP contribution in [0.4, 0.5) is 10.6 Å². The summed E-state index contributed by atoms with van der Waals surface area (Å²) in [6.45, 7) is 3.64. The maximum Gasteiger partial charge on any atom is 0.320 e. The first-order chi connectivity index (χ1) is 8.54. The van der Waals surface area contributed by atoms with Crippen LogP contribution in [0.15, 0.2) is 22.7 Å². The molecule has 0 aliphatic carbocycles. The highest BCUT2D eigenvalue weighted by molar-refractivity contribution is 7.16. The lowest BCUT2D eigenvalue weighted by Gasteiger charge is -2.11. The molecule has 2 aromatic rings. The number of nitrogens with zero attached hydrogens (tertiary/aromatic N) is 1. The molecular weight excluding hydrogens is 274 g/mol. The van der Waals surface area contributed by atoms with Crippen molar-refractivity contribution in [3.8, 4) is 0 Å². The molecule has 5 nitrogen and oxygen atoms in total. The van der Waals surface area contributed by atoms with Crippen molar-refractivity contribution in [2.75, 3.05) is 5.32 Å². The summed E-state index contributed by atoms with van der Waals surface area (Å²) in [5.41, 5.74) is 0. The molecule has 2 aromatic heterocycles. The molecule has 0 aliphatic heterocycles. The van der Waals surface area contributed by atoms with Crippen LogP contribution < -0.4 is 10.6 Å². The Kier molecular flexibility index (Phi) is 3.88. The summed E-state index contributed by atoms with van der Waals surface area (Å²) in [7, 11) is 0. The fourth-order valence-corrected chi connectivity index (χ4v) is 2.47. The first-order valence-electron chi connectivity index (χ1n) is 5.30. The number of carbonyl (C=O) groups is 1. The smallest absolute Gasteiger partial charge is 0.320 e. The van der Waals surface area contributed by atoms with Crippen LogP contribution in [0.5, 0.6) is 0 Å². The topological polar surface area (TPSA) is 67.2 Å². The summed E-state index contributed by atoms with van der Waals surface area (Å²) in [6.07, 6.45) is 0. The molecule has 2 amide bonds. The van der Waals surface area contributed by atoms with Crippen LogP contribution in [-0.2, 0) is 0 Å². The van der Waals surface area contributed by atoms with Gasteiger partial charge >= 0.3 is 6.03 Å². The number of anilines is 1. The third kappa shape index (κ3) is 3.24. The Hall–Kier alpha value is -1.53. The highest BCUT2D eigenvalue weighted by atomic mass is 35.5. The van der Waals surface area contributed by atoms with Gasteiger partial charge in [-0.25, -0.2) is 4.79 Å². The maximum absolute atomic E-state index is 11.7. The van der Waals surface area contributed by atoms with Gasteiger partial charge in [-0.05, 0) is 26.0 Å². The number of hydrogen-bond donors (Lipinski definition) is 2. The van der Waals surface area contributed by atoms with Gasteiger partial charge in [-0.1, -0.05) is 16.8 Å². The van der Waals surface area contributed by atoms with Crippen LogP contribution in [0.1, 0.15) is 23.6 Å². The molecule has 0 radical (unpaired) electrons. The number of urea groups is 1. The van der Waals surface area contributed by atoms with Gasteiger partial charge in [0, 0.05) is 10.9 Å². The number of aryl methyl sites for hydroxylation is 1. The van der Waals surface area contributed by atoms with Crippen molar-refractivity contribution in [2.24, 2.45) is 0 Å². The van der Waals surface area contributed by atoms with Gasteiger partial charge < -0.3 is 9.84 Å². The number of nitrogens with one attached hydrogen (secondary N) is 2. The van der Waals surface area contributed by atoms with Crippen molar-refractivity contribution in [2.45, 2.75) is 19.9 Å². The zero-order valence-corrected chi connectivity index (χ0v) is 11.4. The molecule has 2 N–H and O–H groups in total. The van der Waals surface area contributed by atoms with E-state index in [1.165, 1.54) is 11.3 Å². The molecule has 0 aliphatic rings. The van der Waals surface area contributed by atoms with Crippen LogP contribution in [0.3, 0.4) is 0 Å². The van der Waals surface area contributed by atoms with E-state index >= 15 is 0 Å². The van der Waals surface area contributed by atoms with E-state index in [1.807, 2.05) is 13.0 Å². The summed E-state index contributed by atoms with van der Waals surface area (Å²) in [6, 6.07) is 4.89. The van der Waals surface area contributed by atoms with Crippen molar-refractivity contribution in [3.05, 3.63) is 33.2 Å². The molecule has 0 saturated carbocycles. The lowest BCUT2D eigenvalue weighted by molar-refractivity contribution is 0.249. The zero-order chi connectivity index (χ0) is 13.1. The predicted octanol–water partition coefficient (Wildman–Crippen LogP) is 3.58. The van der Waals surface area contributed by atoms with E-state index in [0.29, 0.717) is 15.9 Å². The van der Waals surface area contributed by atoms with Crippen LogP contribution in [0.2, 0.25) is 4.34 Å². The Morgan fingerprint density at radius 3 is 2.89 bits per heavy atom. The van der Waals surface area contributed by atoms with Gasteiger partial charge in [0.15, 0.2) is 5.82 Å². The standard InChI is InChI=1S/C11H12ClN3O2S/c1-6-5-10(15-17-6)14-11(16)13-7(2)8-3-4-9(12)18-8/h3-5,7H,1-2H3,(H2,13,14,15,16). The van der Waals surface area contributed by atoms with Crippen LogP contribution in [-0.4, -0.2) is 11.2 Å². The number of aromatic nitrogens is 1. The molecule has 1 atom stereocenters. The Morgan fingerprint density at radius 1 is 1.56 bits per heavy atom. The van der Waals surface area contributed by atoms with Crippen molar-refractivity contribution >= 4 is 34.8 Å². The first-order valence-corrected chi connectivity index (χ1v) is 6.50. The Bertz CT molecular complexity index is 552. The minimum Gasteiger partial charge on any atom is -0.360 e. The normalized spacial score (nSPS) is 12.2. The highest BCUT2D eigenvalue weighted by Gasteiger charge is 2.12. The third-order valence-electron chi connectivity index (χ3n) is 2.24. The molecule has 2 heterocycles. The highest BCUT2D eigenvalue weighted by Crippen LogP contribution is 2.26. The predicted molar refractivity (Wildman–Crippen MR) is 71.1 cm³/mol. The van der Waals surface area contributed by atoms with E-state index in [4.69, 9.17) is 16.1 Å². The van der Waals surface area contributed by atoms with Crippen molar-refractivity contribution in [3.63, 3.8) is 0 Å². The molecule has 1 unspecified atom stereocenters. The van der Waals surface area contributed by atoms with Gasteiger partial charge in [-0.2, -0.15) is 0 Å². The SMILES string of the molecule is Cc1cc(NC(=O)NC(C)c2ccc(Cl)s2)no1. The molecule has 7 heteroatoms. The maximum atomic E-state index is 11.7. The molecule has 0 saturated heterocycles. The van der Waals surface area contributed by atoms with E-state index in [1.54, 1.807) is 19.1 Å². The zero-order valence-electron chi connectivity index (χ0n) is 9.86. The largest absolute Gasteiger partial charge is 0.360 e. The van der Waals surface area contributed by atoms with E-state index in [0.717, 1.165) is 4.88 Å². The third-order valence-corrected chi connectivity index (χ3v) is 3.65.